The van der Waals surface area contributed by atoms with Crippen molar-refractivity contribution in [2.45, 2.75) is 32.4 Å². The number of rotatable bonds is 7. The Labute approximate surface area is 172 Å². The van der Waals surface area contributed by atoms with Crippen molar-refractivity contribution >= 4 is 22.8 Å². The molecule has 3 rings (SSSR count). The summed E-state index contributed by atoms with van der Waals surface area (Å²) >= 11 is 0. The van der Waals surface area contributed by atoms with Crippen LogP contribution in [0, 0.1) is 5.82 Å². The molecule has 0 bridgehead atoms. The molecule has 0 saturated carbocycles. The summed E-state index contributed by atoms with van der Waals surface area (Å²) in [5.74, 6) is -0.916. The van der Waals surface area contributed by atoms with Gasteiger partial charge in [-0.05, 0) is 36.8 Å². The lowest BCUT2D eigenvalue weighted by atomic mass is 10.2. The highest BCUT2D eigenvalue weighted by Gasteiger charge is 2.18. The van der Waals surface area contributed by atoms with Gasteiger partial charge in [0.2, 0.25) is 0 Å². The van der Waals surface area contributed by atoms with E-state index in [2.05, 4.69) is 10.3 Å². The van der Waals surface area contributed by atoms with Crippen molar-refractivity contribution in [3.63, 3.8) is 0 Å². The van der Waals surface area contributed by atoms with Crippen LogP contribution >= 0.6 is 0 Å². The van der Waals surface area contributed by atoms with Crippen LogP contribution in [0.5, 0.6) is 0 Å². The van der Waals surface area contributed by atoms with E-state index in [1.165, 1.54) is 23.6 Å². The maximum absolute atomic E-state index is 12.9. The lowest BCUT2D eigenvalue weighted by Crippen LogP contribution is -2.35. The average Bonchev–Trinajstić information content (AvgIpc) is 2.74. The van der Waals surface area contributed by atoms with Crippen LogP contribution in [0.3, 0.4) is 0 Å². The molecule has 1 amide bonds. The number of esters is 1. The Hall–Kier alpha value is -3.55. The monoisotopic (exact) mass is 411 g/mol. The minimum absolute atomic E-state index is 0.0196. The quantitative estimate of drug-likeness (QED) is 0.603. The van der Waals surface area contributed by atoms with Gasteiger partial charge in [-0.3, -0.25) is 19.0 Å². The van der Waals surface area contributed by atoms with Crippen LogP contribution in [-0.4, -0.2) is 27.5 Å². The Morgan fingerprint density at radius 1 is 1.17 bits per heavy atom. The molecule has 0 radical (unpaired) electrons. The molecule has 0 spiro atoms. The molecule has 1 atom stereocenters. The van der Waals surface area contributed by atoms with Crippen LogP contribution < -0.4 is 10.9 Å². The zero-order valence-corrected chi connectivity index (χ0v) is 16.7. The van der Waals surface area contributed by atoms with Gasteiger partial charge in [0.05, 0.1) is 17.3 Å². The molecule has 1 unspecified atom stereocenters. The summed E-state index contributed by atoms with van der Waals surface area (Å²) in [5.41, 5.74) is 1.11. The summed E-state index contributed by atoms with van der Waals surface area (Å²) in [6.07, 6.45) is -0.792. The lowest BCUT2D eigenvalue weighted by Gasteiger charge is -2.14. The fourth-order valence-corrected chi connectivity index (χ4v) is 2.95. The Morgan fingerprint density at radius 3 is 2.60 bits per heavy atom. The first kappa shape index (κ1) is 21.2. The SMILES string of the molecule is CC(OC(=O)CCc1nc2ccccc2c(=O)n1C)C(=O)NCc1ccc(F)cc1. The van der Waals surface area contributed by atoms with Crippen molar-refractivity contribution in [2.24, 2.45) is 7.05 Å². The predicted octanol–water partition coefficient (Wildman–Crippen LogP) is 2.25. The fourth-order valence-electron chi connectivity index (χ4n) is 2.95. The number of nitrogens with zero attached hydrogens (tertiary/aromatic N) is 2. The highest BCUT2D eigenvalue weighted by atomic mass is 19.1. The Kier molecular flexibility index (Phi) is 6.56. The van der Waals surface area contributed by atoms with Crippen molar-refractivity contribution in [3.05, 3.63) is 76.1 Å². The molecule has 0 aliphatic rings. The van der Waals surface area contributed by atoms with Gasteiger partial charge in [-0.25, -0.2) is 9.37 Å². The number of carbonyl (C=O) groups excluding carboxylic acids is 2. The maximum Gasteiger partial charge on any atom is 0.307 e. The van der Waals surface area contributed by atoms with E-state index in [9.17, 15) is 18.8 Å². The smallest absolute Gasteiger partial charge is 0.307 e. The number of aromatic nitrogens is 2. The second-order valence-corrected chi connectivity index (χ2v) is 6.89. The zero-order chi connectivity index (χ0) is 21.7. The molecule has 0 fully saturated rings. The molecular formula is C22H22FN3O4. The van der Waals surface area contributed by atoms with Crippen molar-refractivity contribution in [1.29, 1.82) is 0 Å². The minimum atomic E-state index is -0.980. The molecule has 3 aromatic rings. The van der Waals surface area contributed by atoms with E-state index in [0.29, 0.717) is 16.7 Å². The van der Waals surface area contributed by atoms with Gasteiger partial charge in [0, 0.05) is 20.0 Å². The number of nitrogens with one attached hydrogen (secondary N) is 1. The number of amides is 1. The van der Waals surface area contributed by atoms with E-state index in [1.54, 1.807) is 43.4 Å². The van der Waals surface area contributed by atoms with Gasteiger partial charge in [0.15, 0.2) is 6.10 Å². The number of hydrogen-bond acceptors (Lipinski definition) is 5. The van der Waals surface area contributed by atoms with Gasteiger partial charge >= 0.3 is 5.97 Å². The molecule has 8 heteroatoms. The molecule has 0 aliphatic carbocycles. The molecule has 7 nitrogen and oxygen atoms in total. The fraction of sp³-hybridized carbons (Fsp3) is 0.273. The molecule has 2 aromatic carbocycles. The molecule has 1 aromatic heterocycles. The van der Waals surface area contributed by atoms with Crippen molar-refractivity contribution in [3.8, 4) is 0 Å². The largest absolute Gasteiger partial charge is 0.453 e. The van der Waals surface area contributed by atoms with Crippen molar-refractivity contribution in [2.75, 3.05) is 0 Å². The van der Waals surface area contributed by atoms with Crippen LogP contribution in [0.15, 0.2) is 53.3 Å². The van der Waals surface area contributed by atoms with Crippen LogP contribution in [-0.2, 0) is 34.3 Å². The summed E-state index contributed by atoms with van der Waals surface area (Å²) in [6.45, 7) is 1.67. The standard InChI is InChI=1S/C22H22FN3O4/c1-14(21(28)24-13-15-7-9-16(23)10-8-15)30-20(27)12-11-19-25-18-6-4-3-5-17(18)22(29)26(19)2/h3-10,14H,11-13H2,1-2H3,(H,24,28). The third-order valence-corrected chi connectivity index (χ3v) is 4.69. The van der Waals surface area contributed by atoms with E-state index < -0.39 is 18.0 Å². The van der Waals surface area contributed by atoms with Gasteiger partial charge in [0.1, 0.15) is 11.6 Å². The van der Waals surface area contributed by atoms with Crippen molar-refractivity contribution in [1.82, 2.24) is 14.9 Å². The third-order valence-electron chi connectivity index (χ3n) is 4.69. The van der Waals surface area contributed by atoms with Crippen molar-refractivity contribution < 1.29 is 18.7 Å². The second kappa shape index (κ2) is 9.30. The Bertz CT molecular complexity index is 1130. The van der Waals surface area contributed by atoms with E-state index in [4.69, 9.17) is 4.74 Å². The van der Waals surface area contributed by atoms with Gasteiger partial charge < -0.3 is 10.1 Å². The molecule has 0 saturated heterocycles. The predicted molar refractivity (Wildman–Crippen MR) is 109 cm³/mol. The average molecular weight is 411 g/mol. The summed E-state index contributed by atoms with van der Waals surface area (Å²) in [5, 5.41) is 3.15. The second-order valence-electron chi connectivity index (χ2n) is 6.89. The Balaban J connectivity index is 1.53. The van der Waals surface area contributed by atoms with Crippen LogP contribution in [0.25, 0.3) is 10.9 Å². The highest BCUT2D eigenvalue weighted by molar-refractivity contribution is 5.83. The molecule has 1 N–H and O–H groups in total. The highest BCUT2D eigenvalue weighted by Crippen LogP contribution is 2.09. The van der Waals surface area contributed by atoms with Crippen LogP contribution in [0.2, 0.25) is 0 Å². The first-order valence-corrected chi connectivity index (χ1v) is 9.51. The maximum atomic E-state index is 12.9. The lowest BCUT2D eigenvalue weighted by molar-refractivity contribution is -0.154. The molecule has 156 valence electrons. The summed E-state index contributed by atoms with van der Waals surface area (Å²) in [4.78, 5) is 41.1. The number of benzene rings is 2. The van der Waals surface area contributed by atoms with E-state index >= 15 is 0 Å². The van der Waals surface area contributed by atoms with Gasteiger partial charge in [-0.15, -0.1) is 0 Å². The first-order chi connectivity index (χ1) is 14.3. The van der Waals surface area contributed by atoms with Crippen LogP contribution in [0.1, 0.15) is 24.7 Å². The topological polar surface area (TPSA) is 90.3 Å². The molecule has 30 heavy (non-hydrogen) atoms. The van der Waals surface area contributed by atoms with E-state index in [1.807, 2.05) is 0 Å². The van der Waals surface area contributed by atoms with Gasteiger partial charge in [0.25, 0.3) is 11.5 Å². The number of halogens is 1. The number of fused-ring (bicyclic) bond motifs is 1. The normalized spacial score (nSPS) is 11.8. The summed E-state index contributed by atoms with van der Waals surface area (Å²) in [6, 6.07) is 12.7. The Morgan fingerprint density at radius 2 is 1.87 bits per heavy atom. The third kappa shape index (κ3) is 5.08. The first-order valence-electron chi connectivity index (χ1n) is 9.51. The van der Waals surface area contributed by atoms with Gasteiger partial charge in [-0.2, -0.15) is 0 Å². The van der Waals surface area contributed by atoms with E-state index in [0.717, 1.165) is 5.56 Å². The molecule has 1 heterocycles. The number of aryl methyl sites for hydroxylation is 1. The van der Waals surface area contributed by atoms with Crippen LogP contribution in [0.4, 0.5) is 4.39 Å². The number of ether oxygens (including phenoxy) is 1. The number of para-hydroxylation sites is 1. The zero-order valence-electron chi connectivity index (χ0n) is 16.7. The number of hydrogen-bond donors (Lipinski definition) is 1. The number of carbonyl (C=O) groups is 2. The summed E-state index contributed by atoms with van der Waals surface area (Å²) < 4.78 is 19.5. The van der Waals surface area contributed by atoms with Gasteiger partial charge in [-0.1, -0.05) is 24.3 Å². The molecular weight excluding hydrogens is 389 g/mol. The minimum Gasteiger partial charge on any atom is -0.453 e. The summed E-state index contributed by atoms with van der Waals surface area (Å²) in [7, 11) is 1.61. The van der Waals surface area contributed by atoms with E-state index in [-0.39, 0.29) is 30.8 Å². The molecule has 0 aliphatic heterocycles.